The summed E-state index contributed by atoms with van der Waals surface area (Å²) in [4.78, 5) is 0. The molecule has 0 aliphatic carbocycles. The molecule has 1 aromatic carbocycles. The van der Waals surface area contributed by atoms with Crippen molar-refractivity contribution in [1.29, 1.82) is 0 Å². The summed E-state index contributed by atoms with van der Waals surface area (Å²) < 4.78 is 15.5. The highest BCUT2D eigenvalue weighted by Gasteiger charge is 2.25. The lowest BCUT2D eigenvalue weighted by Gasteiger charge is -2.25. The Labute approximate surface area is 131 Å². The smallest absolute Gasteiger partial charge is 0.126 e. The van der Waals surface area contributed by atoms with Gasteiger partial charge in [-0.05, 0) is 50.8 Å². The standard InChI is InChI=1S/C18H24FN3/c1-4-22-17-9-10-20-16(18(17)13(3)21-22)8-6-14-5-7-15(19)12(2)11-14/h5,7,11,16,20H,4,6,8-10H2,1-3H3/t16-/m0/s1. The molecule has 2 heterocycles. The summed E-state index contributed by atoms with van der Waals surface area (Å²) >= 11 is 0. The van der Waals surface area contributed by atoms with Crippen molar-refractivity contribution in [2.24, 2.45) is 0 Å². The number of aryl methyl sites for hydroxylation is 4. The maximum atomic E-state index is 13.4. The number of halogens is 1. The van der Waals surface area contributed by atoms with Crippen LogP contribution in [-0.2, 0) is 19.4 Å². The van der Waals surface area contributed by atoms with E-state index in [9.17, 15) is 4.39 Å². The molecule has 118 valence electrons. The Hall–Kier alpha value is -1.68. The average molecular weight is 301 g/mol. The molecule has 1 aliphatic rings. The van der Waals surface area contributed by atoms with Gasteiger partial charge in [0.15, 0.2) is 0 Å². The number of aromatic nitrogens is 2. The Morgan fingerprint density at radius 3 is 2.91 bits per heavy atom. The van der Waals surface area contributed by atoms with Crippen LogP contribution >= 0.6 is 0 Å². The van der Waals surface area contributed by atoms with Crippen molar-refractivity contribution in [3.8, 4) is 0 Å². The number of hydrogen-bond acceptors (Lipinski definition) is 2. The zero-order chi connectivity index (χ0) is 15.7. The summed E-state index contributed by atoms with van der Waals surface area (Å²) in [5, 5.41) is 8.29. The highest BCUT2D eigenvalue weighted by atomic mass is 19.1. The van der Waals surface area contributed by atoms with Crippen molar-refractivity contribution in [2.45, 2.75) is 52.6 Å². The number of fused-ring (bicyclic) bond motifs is 1. The van der Waals surface area contributed by atoms with Crippen LogP contribution in [0.1, 0.15) is 47.5 Å². The Kier molecular flexibility index (Phi) is 4.30. The van der Waals surface area contributed by atoms with Gasteiger partial charge in [0.05, 0.1) is 5.69 Å². The quantitative estimate of drug-likeness (QED) is 0.937. The highest BCUT2D eigenvalue weighted by molar-refractivity contribution is 5.32. The van der Waals surface area contributed by atoms with Crippen molar-refractivity contribution in [2.75, 3.05) is 6.54 Å². The van der Waals surface area contributed by atoms with Gasteiger partial charge in [0, 0.05) is 36.8 Å². The van der Waals surface area contributed by atoms with Gasteiger partial charge in [0.2, 0.25) is 0 Å². The van der Waals surface area contributed by atoms with E-state index in [2.05, 4.69) is 28.9 Å². The SMILES string of the molecule is CCn1nc(C)c2c1CCN[C@H]2CCc1ccc(F)c(C)c1. The Morgan fingerprint density at radius 1 is 1.36 bits per heavy atom. The molecule has 22 heavy (non-hydrogen) atoms. The maximum absolute atomic E-state index is 13.4. The minimum Gasteiger partial charge on any atom is -0.309 e. The van der Waals surface area contributed by atoms with Crippen LogP contribution in [0.2, 0.25) is 0 Å². The van der Waals surface area contributed by atoms with E-state index in [0.29, 0.717) is 6.04 Å². The molecule has 1 aromatic heterocycles. The molecule has 0 spiro atoms. The van der Waals surface area contributed by atoms with Crippen molar-refractivity contribution >= 4 is 0 Å². The van der Waals surface area contributed by atoms with Gasteiger partial charge in [-0.1, -0.05) is 12.1 Å². The molecule has 4 heteroatoms. The zero-order valence-electron chi connectivity index (χ0n) is 13.6. The van der Waals surface area contributed by atoms with Crippen LogP contribution in [0.4, 0.5) is 4.39 Å². The molecule has 0 fully saturated rings. The van der Waals surface area contributed by atoms with Crippen LogP contribution in [0.3, 0.4) is 0 Å². The highest BCUT2D eigenvalue weighted by Crippen LogP contribution is 2.29. The van der Waals surface area contributed by atoms with E-state index < -0.39 is 0 Å². The first-order valence-electron chi connectivity index (χ1n) is 8.14. The number of nitrogens with one attached hydrogen (secondary N) is 1. The third-order valence-corrected chi connectivity index (χ3v) is 4.63. The van der Waals surface area contributed by atoms with Crippen molar-refractivity contribution < 1.29 is 4.39 Å². The molecule has 0 saturated heterocycles. The predicted molar refractivity (Wildman–Crippen MR) is 86.5 cm³/mol. The van der Waals surface area contributed by atoms with Gasteiger partial charge in [-0.15, -0.1) is 0 Å². The fraction of sp³-hybridized carbons (Fsp3) is 0.500. The molecule has 0 bridgehead atoms. The van der Waals surface area contributed by atoms with Crippen LogP contribution < -0.4 is 5.32 Å². The van der Waals surface area contributed by atoms with Gasteiger partial charge in [-0.3, -0.25) is 4.68 Å². The Balaban J connectivity index is 1.77. The minimum atomic E-state index is -0.123. The van der Waals surface area contributed by atoms with Crippen molar-refractivity contribution in [3.05, 3.63) is 52.1 Å². The number of hydrogen-bond donors (Lipinski definition) is 1. The Morgan fingerprint density at radius 2 is 2.18 bits per heavy atom. The number of benzene rings is 1. The number of rotatable bonds is 4. The molecule has 3 nitrogen and oxygen atoms in total. The van der Waals surface area contributed by atoms with Crippen LogP contribution in [-0.4, -0.2) is 16.3 Å². The van der Waals surface area contributed by atoms with Gasteiger partial charge in [0.25, 0.3) is 0 Å². The van der Waals surface area contributed by atoms with Gasteiger partial charge in [-0.2, -0.15) is 5.10 Å². The fourth-order valence-electron chi connectivity index (χ4n) is 3.51. The molecule has 1 atom stereocenters. The lowest BCUT2D eigenvalue weighted by molar-refractivity contribution is 0.461. The maximum Gasteiger partial charge on any atom is 0.126 e. The molecule has 2 aromatic rings. The van der Waals surface area contributed by atoms with Crippen LogP contribution in [0.15, 0.2) is 18.2 Å². The van der Waals surface area contributed by atoms with E-state index in [-0.39, 0.29) is 5.82 Å². The monoisotopic (exact) mass is 301 g/mol. The van der Waals surface area contributed by atoms with Gasteiger partial charge in [-0.25, -0.2) is 4.39 Å². The molecule has 0 radical (unpaired) electrons. The van der Waals surface area contributed by atoms with Crippen LogP contribution in [0.25, 0.3) is 0 Å². The van der Waals surface area contributed by atoms with Crippen LogP contribution in [0.5, 0.6) is 0 Å². The van der Waals surface area contributed by atoms with Gasteiger partial charge in [0.1, 0.15) is 5.82 Å². The second-order valence-corrected chi connectivity index (χ2v) is 6.14. The predicted octanol–water partition coefficient (Wildman–Crippen LogP) is 3.48. The lowest BCUT2D eigenvalue weighted by atomic mass is 9.93. The summed E-state index contributed by atoms with van der Waals surface area (Å²) in [6.45, 7) is 8.01. The average Bonchev–Trinajstić information content (AvgIpc) is 2.85. The molecule has 0 unspecified atom stereocenters. The summed E-state index contributed by atoms with van der Waals surface area (Å²) in [7, 11) is 0. The summed E-state index contributed by atoms with van der Waals surface area (Å²) in [6.07, 6.45) is 3.03. The molecule has 3 rings (SSSR count). The topological polar surface area (TPSA) is 29.9 Å². The molecule has 0 saturated carbocycles. The second-order valence-electron chi connectivity index (χ2n) is 6.14. The normalized spacial score (nSPS) is 17.5. The summed E-state index contributed by atoms with van der Waals surface area (Å²) in [6, 6.07) is 5.79. The summed E-state index contributed by atoms with van der Waals surface area (Å²) in [5.74, 6) is -0.123. The molecule has 1 N–H and O–H groups in total. The second kappa shape index (κ2) is 6.21. The summed E-state index contributed by atoms with van der Waals surface area (Å²) in [5.41, 5.74) is 5.84. The van der Waals surface area contributed by atoms with Gasteiger partial charge >= 0.3 is 0 Å². The largest absolute Gasteiger partial charge is 0.309 e. The van der Waals surface area contributed by atoms with E-state index in [1.807, 2.05) is 19.1 Å². The van der Waals surface area contributed by atoms with Gasteiger partial charge < -0.3 is 5.32 Å². The van der Waals surface area contributed by atoms with Crippen molar-refractivity contribution in [3.63, 3.8) is 0 Å². The fourth-order valence-corrected chi connectivity index (χ4v) is 3.51. The molecular weight excluding hydrogens is 277 g/mol. The molecule has 0 amide bonds. The van der Waals surface area contributed by atoms with Crippen LogP contribution in [0, 0.1) is 19.7 Å². The van der Waals surface area contributed by atoms with E-state index in [4.69, 9.17) is 0 Å². The lowest BCUT2D eigenvalue weighted by Crippen LogP contribution is -2.31. The van der Waals surface area contributed by atoms with E-state index in [1.165, 1.54) is 16.8 Å². The number of nitrogens with zero attached hydrogens (tertiary/aromatic N) is 2. The van der Waals surface area contributed by atoms with E-state index in [0.717, 1.165) is 43.6 Å². The van der Waals surface area contributed by atoms with E-state index >= 15 is 0 Å². The first kappa shape index (κ1) is 15.2. The Bertz CT molecular complexity index is 675. The zero-order valence-corrected chi connectivity index (χ0v) is 13.6. The van der Waals surface area contributed by atoms with Crippen molar-refractivity contribution in [1.82, 2.24) is 15.1 Å². The first-order valence-corrected chi connectivity index (χ1v) is 8.14. The third kappa shape index (κ3) is 2.80. The third-order valence-electron chi connectivity index (χ3n) is 4.63. The molecule has 1 aliphatic heterocycles. The molecular formula is C18H24FN3. The van der Waals surface area contributed by atoms with E-state index in [1.54, 1.807) is 6.07 Å². The first-order chi connectivity index (χ1) is 10.6. The minimum absolute atomic E-state index is 0.123.